The second-order valence-corrected chi connectivity index (χ2v) is 5.66. The van der Waals surface area contributed by atoms with Crippen molar-refractivity contribution in [1.82, 2.24) is 0 Å². The lowest BCUT2D eigenvalue weighted by Gasteiger charge is -2.32. The number of hydrogen-bond acceptors (Lipinski definition) is 2. The highest BCUT2D eigenvalue weighted by Gasteiger charge is 2.32. The molecule has 2 unspecified atom stereocenters. The van der Waals surface area contributed by atoms with Gasteiger partial charge in [-0.3, -0.25) is 0 Å². The molecule has 1 aromatic carbocycles. The minimum Gasteiger partial charge on any atom is -0.367 e. The molecule has 0 spiro atoms. The summed E-state index contributed by atoms with van der Waals surface area (Å²) >= 11 is 0. The molecule has 3 heteroatoms. The van der Waals surface area contributed by atoms with Gasteiger partial charge in [0.05, 0.1) is 12.0 Å². The number of anilines is 1. The van der Waals surface area contributed by atoms with Gasteiger partial charge in [-0.1, -0.05) is 25.3 Å². The maximum Gasteiger partial charge on any atom is 0.125 e. The molecule has 1 aliphatic heterocycles. The molecule has 2 nitrogen and oxygen atoms in total. The van der Waals surface area contributed by atoms with Gasteiger partial charge in [-0.25, -0.2) is 4.39 Å². The SMILES string of the molecule is N#CC1CCCCCC1N1CCc2ccc(F)cc21. The third kappa shape index (κ3) is 2.32. The van der Waals surface area contributed by atoms with Crippen molar-refractivity contribution in [2.75, 3.05) is 11.4 Å². The maximum absolute atomic E-state index is 13.5. The first-order chi connectivity index (χ1) is 9.29. The maximum atomic E-state index is 13.5. The van der Waals surface area contributed by atoms with E-state index in [2.05, 4.69) is 11.0 Å². The summed E-state index contributed by atoms with van der Waals surface area (Å²) in [6.07, 6.45) is 6.59. The van der Waals surface area contributed by atoms with Gasteiger partial charge in [0.15, 0.2) is 0 Å². The van der Waals surface area contributed by atoms with Crippen molar-refractivity contribution in [2.24, 2.45) is 5.92 Å². The predicted molar refractivity (Wildman–Crippen MR) is 73.4 cm³/mol. The van der Waals surface area contributed by atoms with Crippen LogP contribution in [0.5, 0.6) is 0 Å². The normalized spacial score (nSPS) is 26.6. The Kier molecular flexibility index (Phi) is 3.42. The summed E-state index contributed by atoms with van der Waals surface area (Å²) in [4.78, 5) is 2.29. The van der Waals surface area contributed by atoms with Crippen molar-refractivity contribution in [3.05, 3.63) is 29.6 Å². The van der Waals surface area contributed by atoms with Gasteiger partial charge in [-0.15, -0.1) is 0 Å². The van der Waals surface area contributed by atoms with Crippen molar-refractivity contribution < 1.29 is 4.39 Å². The van der Waals surface area contributed by atoms with E-state index in [1.807, 2.05) is 6.07 Å². The van der Waals surface area contributed by atoms with Gasteiger partial charge in [0.1, 0.15) is 5.82 Å². The third-order valence-corrected chi connectivity index (χ3v) is 4.52. The van der Waals surface area contributed by atoms with Crippen LogP contribution in [0.3, 0.4) is 0 Å². The molecule has 2 aliphatic rings. The van der Waals surface area contributed by atoms with Gasteiger partial charge < -0.3 is 4.90 Å². The number of nitriles is 1. The van der Waals surface area contributed by atoms with Crippen molar-refractivity contribution in [3.63, 3.8) is 0 Å². The molecule has 0 saturated heterocycles. The summed E-state index contributed by atoms with van der Waals surface area (Å²) in [6, 6.07) is 7.83. The number of nitrogens with zero attached hydrogens (tertiary/aromatic N) is 2. The Hall–Kier alpha value is -1.56. The molecule has 0 aromatic heterocycles. The zero-order valence-electron chi connectivity index (χ0n) is 11.1. The summed E-state index contributed by atoms with van der Waals surface area (Å²) in [6.45, 7) is 0.932. The Balaban J connectivity index is 1.91. The molecule has 3 rings (SSSR count). The summed E-state index contributed by atoms with van der Waals surface area (Å²) in [7, 11) is 0. The summed E-state index contributed by atoms with van der Waals surface area (Å²) < 4.78 is 13.5. The second-order valence-electron chi connectivity index (χ2n) is 5.66. The molecule has 0 amide bonds. The number of rotatable bonds is 1. The van der Waals surface area contributed by atoms with Crippen LogP contribution >= 0.6 is 0 Å². The molecule has 100 valence electrons. The smallest absolute Gasteiger partial charge is 0.125 e. The van der Waals surface area contributed by atoms with E-state index < -0.39 is 0 Å². The van der Waals surface area contributed by atoms with Crippen LogP contribution in [-0.4, -0.2) is 12.6 Å². The van der Waals surface area contributed by atoms with E-state index in [0.29, 0.717) is 0 Å². The van der Waals surface area contributed by atoms with Gasteiger partial charge in [0.25, 0.3) is 0 Å². The first kappa shape index (κ1) is 12.5. The zero-order valence-corrected chi connectivity index (χ0v) is 11.1. The fraction of sp³-hybridized carbons (Fsp3) is 0.562. The minimum absolute atomic E-state index is 0.0942. The van der Waals surface area contributed by atoms with E-state index in [4.69, 9.17) is 0 Å². The van der Waals surface area contributed by atoms with E-state index in [0.717, 1.165) is 37.9 Å². The molecule has 1 aromatic rings. The zero-order chi connectivity index (χ0) is 13.2. The molecule has 0 radical (unpaired) electrons. The van der Waals surface area contributed by atoms with Crippen LogP contribution in [0.15, 0.2) is 18.2 Å². The molecular weight excluding hydrogens is 239 g/mol. The number of fused-ring (bicyclic) bond motifs is 1. The lowest BCUT2D eigenvalue weighted by atomic mass is 9.94. The summed E-state index contributed by atoms with van der Waals surface area (Å²) in [5.41, 5.74) is 2.24. The number of benzene rings is 1. The van der Waals surface area contributed by atoms with Crippen LogP contribution in [0.4, 0.5) is 10.1 Å². The molecule has 0 bridgehead atoms. The highest BCUT2D eigenvalue weighted by Crippen LogP contribution is 2.36. The first-order valence-electron chi connectivity index (χ1n) is 7.24. The minimum atomic E-state index is -0.173. The van der Waals surface area contributed by atoms with Crippen LogP contribution in [0.2, 0.25) is 0 Å². The largest absolute Gasteiger partial charge is 0.367 e. The van der Waals surface area contributed by atoms with Gasteiger partial charge in [-0.05, 0) is 37.0 Å². The molecule has 1 aliphatic carbocycles. The molecule has 0 N–H and O–H groups in total. The Labute approximate surface area is 113 Å². The van der Waals surface area contributed by atoms with Crippen molar-refractivity contribution >= 4 is 5.69 Å². The highest BCUT2D eigenvalue weighted by atomic mass is 19.1. The molecule has 1 saturated carbocycles. The van der Waals surface area contributed by atoms with E-state index in [9.17, 15) is 9.65 Å². The van der Waals surface area contributed by atoms with Crippen molar-refractivity contribution in [3.8, 4) is 6.07 Å². The monoisotopic (exact) mass is 258 g/mol. The average molecular weight is 258 g/mol. The van der Waals surface area contributed by atoms with Crippen LogP contribution in [0.1, 0.15) is 37.7 Å². The molecule has 2 atom stereocenters. The van der Waals surface area contributed by atoms with E-state index in [1.54, 1.807) is 6.07 Å². The fourth-order valence-electron chi connectivity index (χ4n) is 3.53. The molecular formula is C16H19FN2. The van der Waals surface area contributed by atoms with E-state index >= 15 is 0 Å². The molecule has 1 heterocycles. The molecule has 19 heavy (non-hydrogen) atoms. The van der Waals surface area contributed by atoms with Gasteiger partial charge in [0, 0.05) is 18.3 Å². The highest BCUT2D eigenvalue weighted by molar-refractivity contribution is 5.59. The van der Waals surface area contributed by atoms with Crippen LogP contribution in [0, 0.1) is 23.1 Å². The Bertz CT molecular complexity index is 506. The third-order valence-electron chi connectivity index (χ3n) is 4.52. The van der Waals surface area contributed by atoms with Gasteiger partial charge >= 0.3 is 0 Å². The van der Waals surface area contributed by atoms with Crippen molar-refractivity contribution in [1.29, 1.82) is 5.26 Å². The predicted octanol–water partition coefficient (Wildman–Crippen LogP) is 3.66. The lowest BCUT2D eigenvalue weighted by molar-refractivity contribution is 0.454. The van der Waals surface area contributed by atoms with Crippen LogP contribution in [0.25, 0.3) is 0 Å². The number of halogens is 1. The van der Waals surface area contributed by atoms with E-state index in [1.165, 1.54) is 24.5 Å². The Morgan fingerprint density at radius 3 is 2.89 bits per heavy atom. The fourth-order valence-corrected chi connectivity index (χ4v) is 3.53. The summed E-state index contributed by atoms with van der Waals surface area (Å²) in [5.74, 6) is -0.0792. The van der Waals surface area contributed by atoms with Crippen molar-refractivity contribution in [2.45, 2.75) is 44.6 Å². The van der Waals surface area contributed by atoms with E-state index in [-0.39, 0.29) is 17.8 Å². The standard InChI is InChI=1S/C16H19FN2/c17-14-7-6-12-8-9-19(16(12)10-14)15-5-3-1-2-4-13(15)11-18/h6-7,10,13,15H,1-5,8-9H2. The quantitative estimate of drug-likeness (QED) is 0.719. The van der Waals surface area contributed by atoms with Crippen LogP contribution < -0.4 is 4.90 Å². The van der Waals surface area contributed by atoms with Gasteiger partial charge in [0.2, 0.25) is 0 Å². The van der Waals surface area contributed by atoms with Crippen LogP contribution in [-0.2, 0) is 6.42 Å². The lowest BCUT2D eigenvalue weighted by Crippen LogP contribution is -2.38. The molecule has 1 fully saturated rings. The Morgan fingerprint density at radius 2 is 2.05 bits per heavy atom. The average Bonchev–Trinajstić information content (AvgIpc) is 2.68. The number of hydrogen-bond donors (Lipinski definition) is 0. The Morgan fingerprint density at radius 1 is 1.21 bits per heavy atom. The topological polar surface area (TPSA) is 27.0 Å². The summed E-state index contributed by atoms with van der Waals surface area (Å²) in [5, 5.41) is 9.40. The van der Waals surface area contributed by atoms with Gasteiger partial charge in [-0.2, -0.15) is 5.26 Å². The first-order valence-corrected chi connectivity index (χ1v) is 7.24. The second kappa shape index (κ2) is 5.21.